The van der Waals surface area contributed by atoms with Crippen molar-refractivity contribution in [1.82, 2.24) is 9.55 Å². The molecule has 2 aromatic rings. The van der Waals surface area contributed by atoms with Crippen molar-refractivity contribution in [2.24, 2.45) is 0 Å². The highest BCUT2D eigenvalue weighted by Gasteiger charge is 2.18. The van der Waals surface area contributed by atoms with Gasteiger partial charge in [-0.2, -0.15) is 0 Å². The summed E-state index contributed by atoms with van der Waals surface area (Å²) in [5.41, 5.74) is 2.15. The molecule has 0 saturated heterocycles. The highest BCUT2D eigenvalue weighted by atomic mass is 35.5. The van der Waals surface area contributed by atoms with Gasteiger partial charge in [0.05, 0.1) is 16.4 Å². The van der Waals surface area contributed by atoms with E-state index in [1.54, 1.807) is 7.11 Å². The third-order valence-corrected chi connectivity index (χ3v) is 3.35. The second-order valence-electron chi connectivity index (χ2n) is 4.58. The normalized spacial score (nSPS) is 14.9. The first kappa shape index (κ1) is 13.4. The van der Waals surface area contributed by atoms with Crippen molar-refractivity contribution >= 4 is 22.6 Å². The molecule has 0 fully saturated rings. The Morgan fingerprint density at radius 3 is 2.72 bits per heavy atom. The van der Waals surface area contributed by atoms with E-state index in [1.165, 1.54) is 0 Å². The van der Waals surface area contributed by atoms with Crippen LogP contribution >= 0.6 is 11.6 Å². The molecule has 0 spiro atoms. The summed E-state index contributed by atoms with van der Waals surface area (Å²) in [4.78, 5) is 4.63. The van der Waals surface area contributed by atoms with Crippen LogP contribution in [0.15, 0.2) is 24.3 Å². The minimum absolute atomic E-state index is 0.0950. The maximum atomic E-state index is 6.24. The lowest BCUT2D eigenvalue weighted by Gasteiger charge is -2.18. The van der Waals surface area contributed by atoms with Crippen LogP contribution in [0.4, 0.5) is 0 Å². The third kappa shape index (κ3) is 2.52. The molecule has 98 valence electrons. The van der Waals surface area contributed by atoms with Crippen molar-refractivity contribution in [3.8, 4) is 0 Å². The summed E-state index contributed by atoms with van der Waals surface area (Å²) in [5.74, 6) is 0.932. The Labute approximate surface area is 113 Å². The summed E-state index contributed by atoms with van der Waals surface area (Å²) >= 11 is 6.24. The Hall–Kier alpha value is -1.06. The van der Waals surface area contributed by atoms with E-state index in [0.29, 0.717) is 6.04 Å². The van der Waals surface area contributed by atoms with Crippen molar-refractivity contribution in [2.75, 3.05) is 13.7 Å². The van der Waals surface area contributed by atoms with Gasteiger partial charge in [-0.05, 0) is 32.4 Å². The Balaban J connectivity index is 2.47. The third-order valence-electron chi connectivity index (χ3n) is 3.16. The molecule has 2 atom stereocenters. The summed E-state index contributed by atoms with van der Waals surface area (Å²) in [6.45, 7) is 4.88. The van der Waals surface area contributed by atoms with Crippen LogP contribution in [-0.4, -0.2) is 23.3 Å². The molecule has 2 unspecified atom stereocenters. The molecule has 0 radical (unpaired) electrons. The fourth-order valence-electron chi connectivity index (χ4n) is 2.22. The first-order valence-electron chi connectivity index (χ1n) is 6.25. The van der Waals surface area contributed by atoms with E-state index in [-0.39, 0.29) is 5.38 Å². The van der Waals surface area contributed by atoms with Gasteiger partial charge in [-0.15, -0.1) is 11.6 Å². The van der Waals surface area contributed by atoms with Crippen LogP contribution in [0.25, 0.3) is 11.0 Å². The lowest BCUT2D eigenvalue weighted by Crippen LogP contribution is -2.11. The minimum Gasteiger partial charge on any atom is -0.385 e. The van der Waals surface area contributed by atoms with E-state index in [2.05, 4.69) is 22.5 Å². The maximum absolute atomic E-state index is 6.24. The van der Waals surface area contributed by atoms with Gasteiger partial charge in [0, 0.05) is 19.8 Å². The number of benzene rings is 1. The Morgan fingerprint density at radius 2 is 2.06 bits per heavy atom. The van der Waals surface area contributed by atoms with Crippen molar-refractivity contribution in [1.29, 1.82) is 0 Å². The number of alkyl halides is 1. The number of para-hydroxylation sites is 2. The number of hydrogen-bond donors (Lipinski definition) is 0. The lowest BCUT2D eigenvalue weighted by atomic mass is 10.2. The molecule has 0 amide bonds. The van der Waals surface area contributed by atoms with Crippen molar-refractivity contribution in [3.63, 3.8) is 0 Å². The standard InChI is InChI=1S/C14H19ClN2O/c1-10(8-9-18-3)17-13-7-5-4-6-12(13)16-14(17)11(2)15/h4-7,10-11H,8-9H2,1-3H3. The predicted octanol–water partition coefficient (Wildman–Crippen LogP) is 3.93. The zero-order valence-electron chi connectivity index (χ0n) is 11.1. The second kappa shape index (κ2) is 5.72. The van der Waals surface area contributed by atoms with Gasteiger partial charge in [-0.3, -0.25) is 0 Å². The fourth-order valence-corrected chi connectivity index (χ4v) is 2.38. The van der Waals surface area contributed by atoms with Gasteiger partial charge in [0.1, 0.15) is 5.82 Å². The minimum atomic E-state index is -0.0950. The van der Waals surface area contributed by atoms with Gasteiger partial charge in [-0.25, -0.2) is 4.98 Å². The van der Waals surface area contributed by atoms with E-state index in [0.717, 1.165) is 29.9 Å². The molecule has 0 aliphatic heterocycles. The molecule has 0 saturated carbocycles. The average molecular weight is 267 g/mol. The Bertz CT molecular complexity index is 521. The molecule has 0 aliphatic carbocycles. The molecule has 18 heavy (non-hydrogen) atoms. The monoisotopic (exact) mass is 266 g/mol. The van der Waals surface area contributed by atoms with E-state index in [9.17, 15) is 0 Å². The first-order valence-corrected chi connectivity index (χ1v) is 6.68. The smallest absolute Gasteiger partial charge is 0.127 e. The van der Waals surface area contributed by atoms with Crippen LogP contribution in [0.1, 0.15) is 37.5 Å². The molecular formula is C14H19ClN2O. The quantitative estimate of drug-likeness (QED) is 0.767. The van der Waals surface area contributed by atoms with Gasteiger partial charge in [0.25, 0.3) is 0 Å². The molecule has 0 N–H and O–H groups in total. The van der Waals surface area contributed by atoms with Gasteiger partial charge < -0.3 is 9.30 Å². The Kier molecular flexibility index (Phi) is 4.25. The van der Waals surface area contributed by atoms with Crippen LogP contribution in [0.5, 0.6) is 0 Å². The highest BCUT2D eigenvalue weighted by molar-refractivity contribution is 6.20. The number of nitrogens with zero attached hydrogens (tertiary/aromatic N) is 2. The number of fused-ring (bicyclic) bond motifs is 1. The van der Waals surface area contributed by atoms with Gasteiger partial charge in [0.15, 0.2) is 0 Å². The molecule has 1 aromatic heterocycles. The lowest BCUT2D eigenvalue weighted by molar-refractivity contribution is 0.181. The summed E-state index contributed by atoms with van der Waals surface area (Å²) in [7, 11) is 1.73. The zero-order chi connectivity index (χ0) is 13.1. The summed E-state index contributed by atoms with van der Waals surface area (Å²) in [6, 6.07) is 8.48. The Morgan fingerprint density at radius 1 is 1.33 bits per heavy atom. The fraction of sp³-hybridized carbons (Fsp3) is 0.500. The molecule has 1 aromatic carbocycles. The van der Waals surface area contributed by atoms with Crippen LogP contribution in [0.3, 0.4) is 0 Å². The van der Waals surface area contributed by atoms with Crippen molar-refractivity contribution < 1.29 is 4.74 Å². The van der Waals surface area contributed by atoms with E-state index in [4.69, 9.17) is 16.3 Å². The second-order valence-corrected chi connectivity index (χ2v) is 5.23. The van der Waals surface area contributed by atoms with E-state index >= 15 is 0 Å². The number of methoxy groups -OCH3 is 1. The highest BCUT2D eigenvalue weighted by Crippen LogP contribution is 2.29. The van der Waals surface area contributed by atoms with E-state index < -0.39 is 0 Å². The number of ether oxygens (including phenoxy) is 1. The summed E-state index contributed by atoms with van der Waals surface area (Å²) < 4.78 is 7.38. The van der Waals surface area contributed by atoms with Crippen LogP contribution in [-0.2, 0) is 4.74 Å². The predicted molar refractivity (Wildman–Crippen MR) is 75.2 cm³/mol. The number of rotatable bonds is 5. The molecule has 4 heteroatoms. The van der Waals surface area contributed by atoms with Gasteiger partial charge >= 0.3 is 0 Å². The average Bonchev–Trinajstić information content (AvgIpc) is 2.75. The van der Waals surface area contributed by atoms with Crippen LogP contribution in [0, 0.1) is 0 Å². The maximum Gasteiger partial charge on any atom is 0.127 e. The number of hydrogen-bond acceptors (Lipinski definition) is 2. The van der Waals surface area contributed by atoms with Crippen LogP contribution in [0.2, 0.25) is 0 Å². The number of imidazole rings is 1. The zero-order valence-corrected chi connectivity index (χ0v) is 11.8. The molecular weight excluding hydrogens is 248 g/mol. The number of aromatic nitrogens is 2. The van der Waals surface area contributed by atoms with Crippen molar-refractivity contribution in [3.05, 3.63) is 30.1 Å². The topological polar surface area (TPSA) is 27.1 Å². The molecule has 0 bridgehead atoms. The summed E-state index contributed by atoms with van der Waals surface area (Å²) in [6.07, 6.45) is 0.952. The first-order chi connectivity index (χ1) is 8.65. The summed E-state index contributed by atoms with van der Waals surface area (Å²) in [5, 5.41) is -0.0950. The molecule has 1 heterocycles. The van der Waals surface area contributed by atoms with E-state index in [1.807, 2.05) is 25.1 Å². The molecule has 3 nitrogen and oxygen atoms in total. The van der Waals surface area contributed by atoms with Gasteiger partial charge in [-0.1, -0.05) is 12.1 Å². The number of halogens is 1. The SMILES string of the molecule is COCCC(C)n1c(C(C)Cl)nc2ccccc21. The van der Waals surface area contributed by atoms with Crippen molar-refractivity contribution in [2.45, 2.75) is 31.7 Å². The van der Waals surface area contributed by atoms with Crippen LogP contribution < -0.4 is 0 Å². The molecule has 0 aliphatic rings. The van der Waals surface area contributed by atoms with Gasteiger partial charge in [0.2, 0.25) is 0 Å². The largest absolute Gasteiger partial charge is 0.385 e. The molecule has 2 rings (SSSR count).